The number of para-hydroxylation sites is 2. The fourth-order valence-corrected chi connectivity index (χ4v) is 2.83. The van der Waals surface area contributed by atoms with Gasteiger partial charge in [-0.1, -0.05) is 26.0 Å². The van der Waals surface area contributed by atoms with Crippen LogP contribution in [0.1, 0.15) is 33.6 Å². The zero-order valence-corrected chi connectivity index (χ0v) is 12.0. The molecule has 3 atom stereocenters. The monoisotopic (exact) mass is 268 g/mol. The van der Waals surface area contributed by atoms with Gasteiger partial charge in [-0.05, 0) is 25.5 Å². The van der Waals surface area contributed by atoms with Crippen LogP contribution < -0.4 is 9.47 Å². The van der Waals surface area contributed by atoms with E-state index in [9.17, 15) is 0 Å². The Kier molecular flexibility index (Phi) is 4.06. The molecule has 2 rings (SSSR count). The van der Waals surface area contributed by atoms with Crippen LogP contribution in [0.25, 0.3) is 0 Å². The van der Waals surface area contributed by atoms with Crippen molar-refractivity contribution in [3.8, 4) is 11.5 Å². The molecule has 1 aliphatic carbocycles. The number of benzene rings is 1. The van der Waals surface area contributed by atoms with Crippen molar-refractivity contribution < 1.29 is 9.47 Å². The number of alkyl halides is 1. The first-order valence-electron chi connectivity index (χ1n) is 6.64. The van der Waals surface area contributed by atoms with E-state index in [-0.39, 0.29) is 16.9 Å². The Morgan fingerprint density at radius 2 is 1.94 bits per heavy atom. The highest BCUT2D eigenvalue weighted by molar-refractivity contribution is 6.21. The first-order valence-corrected chi connectivity index (χ1v) is 7.08. The molecular weight excluding hydrogens is 248 g/mol. The van der Waals surface area contributed by atoms with Crippen LogP contribution in [-0.2, 0) is 0 Å². The molecule has 0 bridgehead atoms. The second-order valence-corrected chi connectivity index (χ2v) is 5.58. The fraction of sp³-hybridized carbons (Fsp3) is 0.600. The van der Waals surface area contributed by atoms with Crippen LogP contribution in [0.4, 0.5) is 0 Å². The molecule has 3 heteroatoms. The minimum atomic E-state index is 0.0703. The molecule has 0 N–H and O–H groups in total. The van der Waals surface area contributed by atoms with Crippen molar-refractivity contribution in [2.24, 2.45) is 5.41 Å². The lowest BCUT2D eigenvalue weighted by atomic mass is 9.65. The van der Waals surface area contributed by atoms with Crippen molar-refractivity contribution in [1.82, 2.24) is 0 Å². The topological polar surface area (TPSA) is 18.5 Å². The quantitative estimate of drug-likeness (QED) is 0.743. The average Bonchev–Trinajstić information content (AvgIpc) is 2.39. The van der Waals surface area contributed by atoms with Crippen LogP contribution in [0.5, 0.6) is 11.5 Å². The Morgan fingerprint density at radius 3 is 2.50 bits per heavy atom. The minimum Gasteiger partial charge on any atom is -0.490 e. The maximum absolute atomic E-state index is 6.31. The Balaban J connectivity index is 2.11. The van der Waals surface area contributed by atoms with Crippen LogP contribution >= 0.6 is 11.6 Å². The molecule has 1 aromatic rings. The molecule has 1 saturated carbocycles. The largest absolute Gasteiger partial charge is 0.490 e. The zero-order valence-electron chi connectivity index (χ0n) is 11.3. The van der Waals surface area contributed by atoms with Crippen molar-refractivity contribution in [3.05, 3.63) is 24.3 Å². The minimum absolute atomic E-state index is 0.0703. The van der Waals surface area contributed by atoms with E-state index in [1.807, 2.05) is 31.2 Å². The third kappa shape index (κ3) is 2.31. The van der Waals surface area contributed by atoms with E-state index in [1.165, 1.54) is 0 Å². The molecule has 100 valence electrons. The highest BCUT2D eigenvalue weighted by atomic mass is 35.5. The smallest absolute Gasteiger partial charge is 0.161 e. The molecular formula is C15H21ClO2. The molecule has 3 unspecified atom stereocenters. The highest BCUT2D eigenvalue weighted by Crippen LogP contribution is 2.49. The lowest BCUT2D eigenvalue weighted by molar-refractivity contribution is -0.0309. The van der Waals surface area contributed by atoms with E-state index in [0.29, 0.717) is 6.61 Å². The summed E-state index contributed by atoms with van der Waals surface area (Å²) in [5.74, 6) is 1.64. The Bertz CT molecular complexity index is 407. The van der Waals surface area contributed by atoms with Gasteiger partial charge in [0.25, 0.3) is 0 Å². The maximum atomic E-state index is 6.31. The third-order valence-corrected chi connectivity index (χ3v) is 4.73. The number of rotatable bonds is 5. The van der Waals surface area contributed by atoms with Gasteiger partial charge in [0.2, 0.25) is 0 Å². The van der Waals surface area contributed by atoms with Gasteiger partial charge >= 0.3 is 0 Å². The van der Waals surface area contributed by atoms with Crippen molar-refractivity contribution in [2.75, 3.05) is 6.61 Å². The van der Waals surface area contributed by atoms with Gasteiger partial charge in [-0.15, -0.1) is 11.6 Å². The van der Waals surface area contributed by atoms with Crippen molar-refractivity contribution in [1.29, 1.82) is 0 Å². The van der Waals surface area contributed by atoms with Crippen LogP contribution in [-0.4, -0.2) is 18.1 Å². The van der Waals surface area contributed by atoms with Gasteiger partial charge in [0, 0.05) is 17.2 Å². The molecule has 0 amide bonds. The number of halogens is 1. The lowest BCUT2D eigenvalue weighted by Crippen LogP contribution is -2.55. The molecule has 1 aromatic carbocycles. The van der Waals surface area contributed by atoms with Crippen LogP contribution in [0.15, 0.2) is 24.3 Å². The van der Waals surface area contributed by atoms with Gasteiger partial charge in [0.15, 0.2) is 11.5 Å². The average molecular weight is 269 g/mol. The van der Waals surface area contributed by atoms with E-state index in [0.717, 1.165) is 24.3 Å². The molecule has 1 aliphatic rings. The van der Waals surface area contributed by atoms with Crippen LogP contribution in [0.2, 0.25) is 0 Å². The molecule has 0 aromatic heterocycles. The highest BCUT2D eigenvalue weighted by Gasteiger charge is 2.51. The molecule has 0 radical (unpaired) electrons. The summed E-state index contributed by atoms with van der Waals surface area (Å²) in [5.41, 5.74) is 0.0703. The maximum Gasteiger partial charge on any atom is 0.161 e. The molecule has 0 aliphatic heterocycles. The van der Waals surface area contributed by atoms with Gasteiger partial charge in [0.05, 0.1) is 6.61 Å². The summed E-state index contributed by atoms with van der Waals surface area (Å²) in [7, 11) is 0. The normalized spacial score (nSPS) is 30.7. The predicted octanol–water partition coefficient (Wildman–Crippen LogP) is 4.26. The third-order valence-electron chi connectivity index (χ3n) is 4.05. The lowest BCUT2D eigenvalue weighted by Gasteiger charge is -2.50. The van der Waals surface area contributed by atoms with Crippen LogP contribution in [0, 0.1) is 5.41 Å². The summed E-state index contributed by atoms with van der Waals surface area (Å²) in [5, 5.41) is 0.215. The van der Waals surface area contributed by atoms with Gasteiger partial charge in [-0.25, -0.2) is 0 Å². The van der Waals surface area contributed by atoms with Gasteiger partial charge in [-0.2, -0.15) is 0 Å². The molecule has 2 nitrogen and oxygen atoms in total. The Hall–Kier alpha value is -0.890. The SMILES string of the molecule is CCOc1ccccc1OC1CC(Cl)C1(C)CC. The van der Waals surface area contributed by atoms with E-state index in [1.54, 1.807) is 0 Å². The second-order valence-electron chi connectivity index (χ2n) is 5.05. The van der Waals surface area contributed by atoms with Crippen molar-refractivity contribution >= 4 is 11.6 Å². The predicted molar refractivity (Wildman–Crippen MR) is 74.7 cm³/mol. The molecule has 1 fully saturated rings. The standard InChI is InChI=1S/C15H21ClO2/c1-4-15(3)13(16)10-14(15)18-12-9-7-6-8-11(12)17-5-2/h6-9,13-14H,4-5,10H2,1-3H3. The zero-order chi connectivity index (χ0) is 13.2. The number of hydrogen-bond donors (Lipinski definition) is 0. The summed E-state index contributed by atoms with van der Waals surface area (Å²) < 4.78 is 11.7. The van der Waals surface area contributed by atoms with Crippen LogP contribution in [0.3, 0.4) is 0 Å². The van der Waals surface area contributed by atoms with Gasteiger partial charge < -0.3 is 9.47 Å². The van der Waals surface area contributed by atoms with E-state index in [4.69, 9.17) is 21.1 Å². The van der Waals surface area contributed by atoms with Gasteiger partial charge in [-0.3, -0.25) is 0 Å². The Morgan fingerprint density at radius 1 is 1.28 bits per heavy atom. The summed E-state index contributed by atoms with van der Waals surface area (Å²) in [6, 6.07) is 7.83. The van der Waals surface area contributed by atoms with E-state index >= 15 is 0 Å². The summed E-state index contributed by atoms with van der Waals surface area (Å²) >= 11 is 6.31. The molecule has 0 saturated heterocycles. The summed E-state index contributed by atoms with van der Waals surface area (Å²) in [4.78, 5) is 0. The number of hydrogen-bond acceptors (Lipinski definition) is 2. The molecule has 0 heterocycles. The van der Waals surface area contributed by atoms with E-state index < -0.39 is 0 Å². The fourth-order valence-electron chi connectivity index (χ4n) is 2.38. The first kappa shape index (κ1) is 13.5. The van der Waals surface area contributed by atoms with Gasteiger partial charge in [0.1, 0.15) is 6.10 Å². The summed E-state index contributed by atoms with van der Waals surface area (Å²) in [6.45, 7) is 6.99. The van der Waals surface area contributed by atoms with Crippen molar-refractivity contribution in [3.63, 3.8) is 0 Å². The summed E-state index contributed by atoms with van der Waals surface area (Å²) in [6.07, 6.45) is 2.13. The Labute approximate surface area is 114 Å². The molecule has 0 spiro atoms. The van der Waals surface area contributed by atoms with Crippen molar-refractivity contribution in [2.45, 2.75) is 45.1 Å². The molecule has 18 heavy (non-hydrogen) atoms. The second kappa shape index (κ2) is 5.40. The first-order chi connectivity index (χ1) is 8.61. The van der Waals surface area contributed by atoms with E-state index in [2.05, 4.69) is 13.8 Å². The number of ether oxygens (including phenoxy) is 2.